The molecule has 27 heavy (non-hydrogen) atoms. The van der Waals surface area contributed by atoms with Gasteiger partial charge in [0.15, 0.2) is 0 Å². The lowest BCUT2D eigenvalue weighted by molar-refractivity contribution is -0.139. The van der Waals surface area contributed by atoms with E-state index in [4.69, 9.17) is 0 Å². The molecule has 1 heterocycles. The maximum Gasteiger partial charge on any atom is 0.326 e. The van der Waals surface area contributed by atoms with Crippen molar-refractivity contribution in [2.24, 2.45) is 5.92 Å². The Morgan fingerprint density at radius 3 is 2.11 bits per heavy atom. The van der Waals surface area contributed by atoms with Crippen LogP contribution in [0.1, 0.15) is 56.3 Å². The van der Waals surface area contributed by atoms with Gasteiger partial charge in [-0.1, -0.05) is 26.7 Å². The number of benzene rings is 1. The SMILES string of the molecule is CC(C)C[C@@H](NC(=O)c1ccc(S(=O)(=O)N2CCCCCC2)cc1)C(=O)O. The first kappa shape index (κ1) is 21.4. The topological polar surface area (TPSA) is 104 Å². The Bertz CT molecular complexity index is 751. The Morgan fingerprint density at radius 2 is 1.63 bits per heavy atom. The summed E-state index contributed by atoms with van der Waals surface area (Å²) in [6.45, 7) is 4.79. The number of hydrogen-bond donors (Lipinski definition) is 2. The summed E-state index contributed by atoms with van der Waals surface area (Å²) in [5.41, 5.74) is 0.236. The third kappa shape index (κ3) is 5.77. The molecule has 1 aliphatic heterocycles. The van der Waals surface area contributed by atoms with Crippen LogP contribution in [0.4, 0.5) is 0 Å². The zero-order valence-corrected chi connectivity index (χ0v) is 16.7. The molecule has 1 amide bonds. The van der Waals surface area contributed by atoms with Gasteiger partial charge < -0.3 is 10.4 Å². The van der Waals surface area contributed by atoms with Gasteiger partial charge in [0, 0.05) is 18.7 Å². The van der Waals surface area contributed by atoms with Crippen molar-refractivity contribution in [2.75, 3.05) is 13.1 Å². The van der Waals surface area contributed by atoms with E-state index in [9.17, 15) is 23.1 Å². The Morgan fingerprint density at radius 1 is 1.07 bits per heavy atom. The van der Waals surface area contributed by atoms with Crippen LogP contribution in [0.5, 0.6) is 0 Å². The van der Waals surface area contributed by atoms with Crippen LogP contribution < -0.4 is 5.32 Å². The predicted octanol–water partition coefficient (Wildman–Crippen LogP) is 2.48. The van der Waals surface area contributed by atoms with E-state index >= 15 is 0 Å². The Hall–Kier alpha value is -1.93. The number of aliphatic carboxylic acids is 1. The molecule has 0 aromatic heterocycles. The van der Waals surface area contributed by atoms with E-state index < -0.39 is 27.9 Å². The third-order valence-corrected chi connectivity index (χ3v) is 6.54. The monoisotopic (exact) mass is 396 g/mol. The van der Waals surface area contributed by atoms with Gasteiger partial charge >= 0.3 is 5.97 Å². The molecule has 1 saturated heterocycles. The molecule has 0 spiro atoms. The van der Waals surface area contributed by atoms with Gasteiger partial charge in [-0.05, 0) is 49.4 Å². The molecule has 0 bridgehead atoms. The van der Waals surface area contributed by atoms with Crippen LogP contribution >= 0.6 is 0 Å². The molecule has 7 nitrogen and oxygen atoms in total. The first-order valence-corrected chi connectivity index (χ1v) is 10.8. The molecule has 1 aromatic carbocycles. The molecule has 2 N–H and O–H groups in total. The molecule has 2 rings (SSSR count). The fourth-order valence-electron chi connectivity index (χ4n) is 3.14. The minimum absolute atomic E-state index is 0.118. The van der Waals surface area contributed by atoms with Crippen molar-refractivity contribution < 1.29 is 23.1 Å². The van der Waals surface area contributed by atoms with Crippen LogP contribution in [0, 0.1) is 5.92 Å². The number of carboxylic acid groups (broad SMARTS) is 1. The van der Waals surface area contributed by atoms with Gasteiger partial charge in [-0.2, -0.15) is 4.31 Å². The van der Waals surface area contributed by atoms with Crippen LogP contribution in [0.2, 0.25) is 0 Å². The van der Waals surface area contributed by atoms with Crippen molar-refractivity contribution in [2.45, 2.75) is 56.9 Å². The summed E-state index contributed by atoms with van der Waals surface area (Å²) in [5.74, 6) is -1.49. The summed E-state index contributed by atoms with van der Waals surface area (Å²) in [5, 5.41) is 11.7. The van der Waals surface area contributed by atoms with Gasteiger partial charge in [-0.15, -0.1) is 0 Å². The third-order valence-electron chi connectivity index (χ3n) is 4.63. The smallest absolute Gasteiger partial charge is 0.326 e. The van der Waals surface area contributed by atoms with Crippen molar-refractivity contribution in [3.63, 3.8) is 0 Å². The average molecular weight is 397 g/mol. The molecule has 0 unspecified atom stereocenters. The van der Waals surface area contributed by atoms with Crippen molar-refractivity contribution in [3.8, 4) is 0 Å². The molecular weight excluding hydrogens is 368 g/mol. The Balaban J connectivity index is 2.11. The van der Waals surface area contributed by atoms with Gasteiger partial charge in [0.1, 0.15) is 6.04 Å². The van der Waals surface area contributed by atoms with Gasteiger partial charge in [0.2, 0.25) is 10.0 Å². The highest BCUT2D eigenvalue weighted by atomic mass is 32.2. The summed E-state index contributed by atoms with van der Waals surface area (Å²) < 4.78 is 27.0. The van der Waals surface area contributed by atoms with Crippen molar-refractivity contribution in [1.29, 1.82) is 0 Å². The van der Waals surface area contributed by atoms with E-state index in [2.05, 4.69) is 5.32 Å². The quantitative estimate of drug-likeness (QED) is 0.737. The lowest BCUT2D eigenvalue weighted by Gasteiger charge is -2.20. The second kappa shape index (κ2) is 9.32. The first-order valence-electron chi connectivity index (χ1n) is 9.35. The highest BCUT2D eigenvalue weighted by molar-refractivity contribution is 7.89. The Labute approximate surface area is 160 Å². The number of carbonyl (C=O) groups excluding carboxylic acids is 1. The minimum Gasteiger partial charge on any atom is -0.480 e. The molecule has 8 heteroatoms. The number of rotatable bonds is 7. The second-order valence-electron chi connectivity index (χ2n) is 7.34. The number of amides is 1. The van der Waals surface area contributed by atoms with Crippen molar-refractivity contribution >= 4 is 21.9 Å². The Kier molecular flexibility index (Phi) is 7.38. The number of hydrogen-bond acceptors (Lipinski definition) is 4. The van der Waals surface area contributed by atoms with E-state index in [1.54, 1.807) is 0 Å². The van der Waals surface area contributed by atoms with Crippen LogP contribution in [-0.2, 0) is 14.8 Å². The van der Waals surface area contributed by atoms with Gasteiger partial charge in [0.05, 0.1) is 4.90 Å². The van der Waals surface area contributed by atoms with E-state index in [1.807, 2.05) is 13.8 Å². The summed E-state index contributed by atoms with van der Waals surface area (Å²) in [6.07, 6.45) is 4.10. The number of carbonyl (C=O) groups is 2. The largest absolute Gasteiger partial charge is 0.480 e. The maximum atomic E-state index is 12.8. The summed E-state index contributed by atoms with van der Waals surface area (Å²) in [7, 11) is -3.57. The molecule has 150 valence electrons. The van der Waals surface area contributed by atoms with E-state index in [0.29, 0.717) is 19.5 Å². The standard InChI is InChI=1S/C19H28N2O5S/c1-14(2)13-17(19(23)24)20-18(22)15-7-9-16(10-8-15)27(25,26)21-11-5-3-4-6-12-21/h7-10,14,17H,3-6,11-13H2,1-2H3,(H,20,22)(H,23,24)/t17-/m1/s1. The fourth-order valence-corrected chi connectivity index (χ4v) is 4.66. The molecule has 1 fully saturated rings. The van der Waals surface area contributed by atoms with E-state index in [-0.39, 0.29) is 16.4 Å². The normalized spacial score (nSPS) is 17.3. The average Bonchev–Trinajstić information content (AvgIpc) is 2.90. The van der Waals surface area contributed by atoms with Crippen molar-refractivity contribution in [3.05, 3.63) is 29.8 Å². The van der Waals surface area contributed by atoms with E-state index in [0.717, 1.165) is 25.7 Å². The molecule has 1 aromatic rings. The fraction of sp³-hybridized carbons (Fsp3) is 0.579. The molecule has 0 aliphatic carbocycles. The van der Waals surface area contributed by atoms with Crippen LogP contribution in [0.15, 0.2) is 29.2 Å². The molecular formula is C19H28N2O5S. The lowest BCUT2D eigenvalue weighted by Crippen LogP contribution is -2.41. The zero-order valence-electron chi connectivity index (χ0n) is 15.8. The van der Waals surface area contributed by atoms with Gasteiger partial charge in [0.25, 0.3) is 5.91 Å². The van der Waals surface area contributed by atoms with Crippen molar-refractivity contribution in [1.82, 2.24) is 9.62 Å². The van der Waals surface area contributed by atoms with Gasteiger partial charge in [-0.3, -0.25) is 4.79 Å². The predicted molar refractivity (Wildman–Crippen MR) is 102 cm³/mol. The summed E-state index contributed by atoms with van der Waals surface area (Å²) >= 11 is 0. The second-order valence-corrected chi connectivity index (χ2v) is 9.27. The lowest BCUT2D eigenvalue weighted by atomic mass is 10.0. The highest BCUT2D eigenvalue weighted by Crippen LogP contribution is 2.20. The maximum absolute atomic E-state index is 12.8. The minimum atomic E-state index is -3.57. The van der Waals surface area contributed by atoms with Crippen LogP contribution in [-0.4, -0.2) is 48.8 Å². The zero-order chi connectivity index (χ0) is 20.0. The number of nitrogens with zero attached hydrogens (tertiary/aromatic N) is 1. The van der Waals surface area contributed by atoms with Crippen LogP contribution in [0.3, 0.4) is 0 Å². The molecule has 1 aliphatic rings. The van der Waals surface area contributed by atoms with Crippen LogP contribution in [0.25, 0.3) is 0 Å². The van der Waals surface area contributed by atoms with Gasteiger partial charge in [-0.25, -0.2) is 13.2 Å². The summed E-state index contributed by atoms with van der Waals surface area (Å²) in [6, 6.07) is 4.70. The number of sulfonamides is 1. The first-order chi connectivity index (χ1) is 12.7. The number of carboxylic acids is 1. The molecule has 0 radical (unpaired) electrons. The molecule has 0 saturated carbocycles. The molecule has 1 atom stereocenters. The number of nitrogens with one attached hydrogen (secondary N) is 1. The van der Waals surface area contributed by atoms with E-state index in [1.165, 1.54) is 28.6 Å². The summed E-state index contributed by atoms with van der Waals surface area (Å²) in [4.78, 5) is 23.8. The highest BCUT2D eigenvalue weighted by Gasteiger charge is 2.26.